The Morgan fingerprint density at radius 3 is 2.69 bits per heavy atom. The first-order valence-corrected chi connectivity index (χ1v) is 7.41. The maximum Gasteiger partial charge on any atom is 0.451 e. The topological polar surface area (TPSA) is 88.1 Å². The quantitative estimate of drug-likeness (QED) is 0.597. The Morgan fingerprint density at radius 2 is 2.08 bits per heavy atom. The number of aryl methyl sites for hydroxylation is 1. The number of halogens is 3. The van der Waals surface area contributed by atoms with Crippen LogP contribution in [0.2, 0.25) is 0 Å². The lowest BCUT2D eigenvalue weighted by molar-refractivity contribution is -0.144. The van der Waals surface area contributed by atoms with Gasteiger partial charge in [0.2, 0.25) is 5.82 Å². The van der Waals surface area contributed by atoms with Crippen LogP contribution in [0.4, 0.5) is 13.2 Å². The zero-order chi connectivity index (χ0) is 18.5. The molecular weight excluding hydrogens is 347 g/mol. The fourth-order valence-corrected chi connectivity index (χ4v) is 2.99. The van der Waals surface area contributed by atoms with Crippen LogP contribution in [0.3, 0.4) is 0 Å². The summed E-state index contributed by atoms with van der Waals surface area (Å²) in [5, 5.41) is 15.8. The predicted molar refractivity (Wildman–Crippen MR) is 85.1 cm³/mol. The van der Waals surface area contributed by atoms with E-state index in [0.29, 0.717) is 27.8 Å². The number of H-pyrrole nitrogens is 1. The third kappa shape index (κ3) is 2.25. The van der Waals surface area contributed by atoms with Gasteiger partial charge in [0.15, 0.2) is 5.82 Å². The third-order valence-electron chi connectivity index (χ3n) is 4.04. The second kappa shape index (κ2) is 5.45. The molecule has 7 nitrogen and oxygen atoms in total. The average Bonchev–Trinajstić information content (AvgIpc) is 3.32. The minimum Gasteiger partial charge on any atom is -0.338 e. The Hall–Kier alpha value is -3.61. The molecule has 1 N–H and O–H groups in total. The van der Waals surface area contributed by atoms with E-state index in [1.54, 1.807) is 46.8 Å². The van der Waals surface area contributed by atoms with Crippen molar-refractivity contribution in [2.75, 3.05) is 0 Å². The Kier molecular flexibility index (Phi) is 3.33. The van der Waals surface area contributed by atoms with Crippen LogP contribution in [0.25, 0.3) is 28.1 Å². The predicted octanol–water partition coefficient (Wildman–Crippen LogP) is 3.04. The molecular formula is C16H10F3N7. The van der Waals surface area contributed by atoms with Gasteiger partial charge >= 0.3 is 6.18 Å². The molecule has 4 aromatic rings. The summed E-state index contributed by atoms with van der Waals surface area (Å²) in [5.74, 6) is -1.31. The van der Waals surface area contributed by atoms with Crippen LogP contribution < -0.4 is 0 Å². The Morgan fingerprint density at radius 1 is 1.27 bits per heavy atom. The van der Waals surface area contributed by atoms with Gasteiger partial charge in [-0.15, -0.1) is 0 Å². The molecule has 0 spiro atoms. The normalized spacial score (nSPS) is 11.8. The summed E-state index contributed by atoms with van der Waals surface area (Å²) >= 11 is 0. The van der Waals surface area contributed by atoms with E-state index in [0.717, 1.165) is 0 Å². The van der Waals surface area contributed by atoms with Gasteiger partial charge in [0.1, 0.15) is 11.8 Å². The third-order valence-corrected chi connectivity index (χ3v) is 4.04. The largest absolute Gasteiger partial charge is 0.451 e. The number of rotatable bonds is 2. The van der Waals surface area contributed by atoms with Gasteiger partial charge in [0.05, 0.1) is 23.1 Å². The van der Waals surface area contributed by atoms with Gasteiger partial charge in [-0.1, -0.05) is 12.1 Å². The second-order valence-corrected chi connectivity index (χ2v) is 5.55. The Balaban J connectivity index is 2.09. The number of nitrogens with one attached hydrogen (secondary N) is 1. The minimum atomic E-state index is -4.64. The Bertz CT molecular complexity index is 1140. The molecule has 0 fully saturated rings. The van der Waals surface area contributed by atoms with E-state index >= 15 is 0 Å². The molecule has 0 saturated carbocycles. The van der Waals surface area contributed by atoms with E-state index in [1.807, 2.05) is 5.10 Å². The fraction of sp³-hybridized carbons (Fsp3) is 0.125. The van der Waals surface area contributed by atoms with Crippen LogP contribution in [0.5, 0.6) is 0 Å². The smallest absolute Gasteiger partial charge is 0.338 e. The molecule has 0 unspecified atom stereocenters. The maximum absolute atomic E-state index is 12.9. The number of benzene rings is 1. The second-order valence-electron chi connectivity index (χ2n) is 5.55. The number of aromatic amines is 1. The van der Waals surface area contributed by atoms with Crippen LogP contribution in [0.1, 0.15) is 11.4 Å². The molecule has 4 rings (SSSR count). The van der Waals surface area contributed by atoms with Crippen molar-refractivity contribution >= 4 is 10.9 Å². The molecule has 0 atom stereocenters. The van der Waals surface area contributed by atoms with Crippen molar-refractivity contribution in [3.8, 4) is 23.3 Å². The number of nitrogens with zero attached hydrogens (tertiary/aromatic N) is 6. The zero-order valence-corrected chi connectivity index (χ0v) is 13.3. The van der Waals surface area contributed by atoms with Crippen LogP contribution in [0.15, 0.2) is 36.9 Å². The van der Waals surface area contributed by atoms with Crippen molar-refractivity contribution in [2.24, 2.45) is 7.05 Å². The molecule has 0 saturated heterocycles. The molecule has 0 amide bonds. The van der Waals surface area contributed by atoms with Gasteiger partial charge in [-0.2, -0.15) is 23.5 Å². The van der Waals surface area contributed by atoms with E-state index in [9.17, 15) is 18.4 Å². The van der Waals surface area contributed by atoms with Crippen molar-refractivity contribution in [2.45, 2.75) is 6.18 Å². The first-order valence-electron chi connectivity index (χ1n) is 7.41. The molecule has 10 heteroatoms. The first-order chi connectivity index (χ1) is 12.4. The summed E-state index contributed by atoms with van der Waals surface area (Å²) in [6.07, 6.45) is 0.0992. The number of hydrogen-bond donors (Lipinski definition) is 1. The summed E-state index contributed by atoms with van der Waals surface area (Å²) < 4.78 is 42.0. The van der Waals surface area contributed by atoms with Crippen molar-refractivity contribution < 1.29 is 13.2 Å². The van der Waals surface area contributed by atoms with Gasteiger partial charge in [0.25, 0.3) is 0 Å². The van der Waals surface area contributed by atoms with Gasteiger partial charge in [-0.25, -0.2) is 9.97 Å². The van der Waals surface area contributed by atoms with Crippen molar-refractivity contribution in [1.82, 2.24) is 29.3 Å². The molecule has 0 aliphatic heterocycles. The highest BCUT2D eigenvalue weighted by Gasteiger charge is 2.36. The first kappa shape index (κ1) is 15.9. The lowest BCUT2D eigenvalue weighted by atomic mass is 10.1. The number of nitriles is 1. The lowest BCUT2D eigenvalue weighted by Crippen LogP contribution is -2.07. The molecule has 0 aliphatic carbocycles. The van der Waals surface area contributed by atoms with Gasteiger partial charge in [-0.3, -0.25) is 5.10 Å². The maximum atomic E-state index is 12.9. The molecule has 3 heterocycles. The summed E-state index contributed by atoms with van der Waals surface area (Å²) in [4.78, 5) is 7.60. The molecule has 26 heavy (non-hydrogen) atoms. The summed E-state index contributed by atoms with van der Waals surface area (Å²) in [6, 6.07) is 7.24. The van der Waals surface area contributed by atoms with Gasteiger partial charge in [0, 0.05) is 24.8 Å². The van der Waals surface area contributed by atoms with E-state index in [4.69, 9.17) is 0 Å². The summed E-state index contributed by atoms with van der Waals surface area (Å²) in [7, 11) is 1.66. The van der Waals surface area contributed by atoms with Crippen molar-refractivity contribution in [1.29, 1.82) is 5.26 Å². The zero-order valence-electron chi connectivity index (χ0n) is 13.3. The fourth-order valence-electron chi connectivity index (χ4n) is 2.99. The minimum absolute atomic E-state index is 0.122. The van der Waals surface area contributed by atoms with Crippen LogP contribution in [-0.2, 0) is 13.2 Å². The van der Waals surface area contributed by atoms with Crippen LogP contribution >= 0.6 is 0 Å². The lowest BCUT2D eigenvalue weighted by Gasteiger charge is -2.05. The average molecular weight is 357 g/mol. The number of alkyl halides is 3. The Labute approximate surface area is 144 Å². The summed E-state index contributed by atoms with van der Waals surface area (Å²) in [6.45, 7) is 0. The van der Waals surface area contributed by atoms with E-state index in [1.165, 1.54) is 6.33 Å². The highest BCUT2D eigenvalue weighted by molar-refractivity contribution is 5.99. The number of para-hydroxylation sites is 1. The molecule has 0 radical (unpaired) electrons. The molecule has 0 bridgehead atoms. The number of hydrogen-bond acceptors (Lipinski definition) is 4. The van der Waals surface area contributed by atoms with Gasteiger partial charge in [-0.05, 0) is 6.07 Å². The number of aromatic nitrogens is 6. The van der Waals surface area contributed by atoms with E-state index in [2.05, 4.69) is 21.1 Å². The summed E-state index contributed by atoms with van der Waals surface area (Å²) in [5.41, 5.74) is 1.86. The highest BCUT2D eigenvalue weighted by atomic mass is 19.4. The molecule has 130 valence electrons. The van der Waals surface area contributed by atoms with E-state index in [-0.39, 0.29) is 5.82 Å². The van der Waals surface area contributed by atoms with Gasteiger partial charge < -0.3 is 9.13 Å². The molecule has 1 aromatic carbocycles. The SMILES string of the molecule is Cn1c(-c2n[nH]c(C(F)(F)F)n2)c(-n2ccnc2)c2cccc(C#N)c21. The highest BCUT2D eigenvalue weighted by Crippen LogP contribution is 2.37. The standard InChI is InChI=1S/C16H10F3N7/c1-25-11-9(7-20)3-2-4-10(11)12(26-6-5-21-8-26)13(25)14-22-15(24-23-14)16(17,18)19/h2-6,8H,1H3,(H,22,23,24). The van der Waals surface area contributed by atoms with Crippen molar-refractivity contribution in [3.63, 3.8) is 0 Å². The monoisotopic (exact) mass is 357 g/mol. The van der Waals surface area contributed by atoms with Crippen LogP contribution in [0, 0.1) is 11.3 Å². The van der Waals surface area contributed by atoms with E-state index < -0.39 is 12.0 Å². The van der Waals surface area contributed by atoms with Crippen LogP contribution in [-0.4, -0.2) is 29.3 Å². The number of fused-ring (bicyclic) bond motifs is 1. The molecule has 0 aliphatic rings. The number of imidazole rings is 1. The van der Waals surface area contributed by atoms with Crippen molar-refractivity contribution in [3.05, 3.63) is 48.3 Å². The molecule has 3 aromatic heterocycles.